The van der Waals surface area contributed by atoms with Crippen molar-refractivity contribution in [1.29, 1.82) is 0 Å². The number of anilines is 2. The number of carbonyl (C=O) groups excluding carboxylic acids is 1. The number of pyridine rings is 2. The first kappa shape index (κ1) is 20.8. The largest absolute Gasteiger partial charge is 0.353 e. The molecule has 0 saturated carbocycles. The van der Waals surface area contributed by atoms with Crippen LogP contribution in [0.4, 0.5) is 11.6 Å². The SMILES string of the molecule is Cc1ncc(N2CCN(S(=O)(=O)c3cccnc3)CC2)nc1C(=O)Nc1ccccn1. The van der Waals surface area contributed by atoms with Gasteiger partial charge in [0.25, 0.3) is 5.91 Å². The van der Waals surface area contributed by atoms with Crippen molar-refractivity contribution >= 4 is 27.6 Å². The molecule has 3 aromatic rings. The van der Waals surface area contributed by atoms with Gasteiger partial charge in [-0.1, -0.05) is 6.07 Å². The third-order valence-electron chi connectivity index (χ3n) is 4.90. The number of amides is 1. The van der Waals surface area contributed by atoms with Crippen molar-refractivity contribution in [1.82, 2.24) is 24.2 Å². The van der Waals surface area contributed by atoms with E-state index in [-0.39, 0.29) is 10.6 Å². The summed E-state index contributed by atoms with van der Waals surface area (Å²) < 4.78 is 27.0. The first-order valence-electron chi connectivity index (χ1n) is 9.66. The van der Waals surface area contributed by atoms with E-state index in [1.807, 2.05) is 4.90 Å². The molecule has 11 heteroatoms. The van der Waals surface area contributed by atoms with Crippen LogP contribution in [-0.2, 0) is 10.0 Å². The predicted molar refractivity (Wildman–Crippen MR) is 114 cm³/mol. The lowest BCUT2D eigenvalue weighted by Gasteiger charge is -2.34. The fourth-order valence-electron chi connectivity index (χ4n) is 3.23. The first-order valence-corrected chi connectivity index (χ1v) is 11.1. The fourth-order valence-corrected chi connectivity index (χ4v) is 4.61. The first-order chi connectivity index (χ1) is 14.9. The van der Waals surface area contributed by atoms with Gasteiger partial charge in [-0.05, 0) is 31.2 Å². The third-order valence-corrected chi connectivity index (χ3v) is 6.78. The summed E-state index contributed by atoms with van der Waals surface area (Å²) in [4.78, 5) is 31.5. The zero-order valence-electron chi connectivity index (χ0n) is 16.8. The Morgan fingerprint density at radius 1 is 1.00 bits per heavy atom. The van der Waals surface area contributed by atoms with E-state index in [1.54, 1.807) is 43.6 Å². The summed E-state index contributed by atoms with van der Waals surface area (Å²) in [5.74, 6) is 0.548. The zero-order chi connectivity index (χ0) is 21.8. The van der Waals surface area contributed by atoms with Crippen LogP contribution in [0.15, 0.2) is 60.0 Å². The van der Waals surface area contributed by atoms with E-state index in [9.17, 15) is 13.2 Å². The van der Waals surface area contributed by atoms with Crippen LogP contribution >= 0.6 is 0 Å². The van der Waals surface area contributed by atoms with Crippen molar-refractivity contribution in [2.75, 3.05) is 36.4 Å². The predicted octanol–water partition coefficient (Wildman–Crippen LogP) is 1.34. The Morgan fingerprint density at radius 2 is 1.81 bits per heavy atom. The summed E-state index contributed by atoms with van der Waals surface area (Å²) in [5, 5.41) is 2.71. The molecule has 0 unspecified atom stereocenters. The molecule has 1 saturated heterocycles. The van der Waals surface area contributed by atoms with Gasteiger partial charge < -0.3 is 10.2 Å². The van der Waals surface area contributed by atoms with Crippen molar-refractivity contribution in [3.63, 3.8) is 0 Å². The molecule has 0 radical (unpaired) electrons. The topological polar surface area (TPSA) is 121 Å². The van der Waals surface area contributed by atoms with Crippen LogP contribution in [0.25, 0.3) is 0 Å². The highest BCUT2D eigenvalue weighted by Gasteiger charge is 2.29. The lowest BCUT2D eigenvalue weighted by Crippen LogP contribution is -2.49. The number of sulfonamides is 1. The maximum Gasteiger partial charge on any atom is 0.277 e. The standard InChI is InChI=1S/C20H21N7O3S/c1-15-19(20(28)24-17-6-2-3-8-22-17)25-18(14-23-15)26-9-11-27(12-10-26)31(29,30)16-5-4-7-21-13-16/h2-8,13-14H,9-12H2,1H3,(H,22,24,28). The number of aryl methyl sites for hydroxylation is 1. The molecule has 0 bridgehead atoms. The van der Waals surface area contributed by atoms with Crippen LogP contribution in [0.3, 0.4) is 0 Å². The van der Waals surface area contributed by atoms with Gasteiger partial charge in [-0.15, -0.1) is 0 Å². The van der Waals surface area contributed by atoms with Gasteiger partial charge in [0.15, 0.2) is 5.69 Å². The van der Waals surface area contributed by atoms with Gasteiger partial charge >= 0.3 is 0 Å². The summed E-state index contributed by atoms with van der Waals surface area (Å²) in [6, 6.07) is 8.35. The Hall–Kier alpha value is -3.44. The summed E-state index contributed by atoms with van der Waals surface area (Å²) in [6.45, 7) is 3.16. The Kier molecular flexibility index (Phi) is 5.87. The van der Waals surface area contributed by atoms with Crippen molar-refractivity contribution in [3.05, 3.63) is 66.5 Å². The van der Waals surface area contributed by atoms with E-state index < -0.39 is 15.9 Å². The van der Waals surface area contributed by atoms with E-state index in [2.05, 4.69) is 25.3 Å². The van der Waals surface area contributed by atoms with Crippen LogP contribution < -0.4 is 10.2 Å². The number of carbonyl (C=O) groups is 1. The van der Waals surface area contributed by atoms with E-state index in [4.69, 9.17) is 0 Å². The maximum absolute atomic E-state index is 12.8. The Labute approximate surface area is 180 Å². The molecular weight excluding hydrogens is 418 g/mol. The van der Waals surface area contributed by atoms with Crippen LogP contribution in [0, 0.1) is 6.92 Å². The monoisotopic (exact) mass is 439 g/mol. The molecule has 0 atom stereocenters. The Balaban J connectivity index is 1.47. The second kappa shape index (κ2) is 8.74. The Morgan fingerprint density at radius 3 is 2.48 bits per heavy atom. The molecule has 10 nitrogen and oxygen atoms in total. The Bertz CT molecular complexity index is 1170. The summed E-state index contributed by atoms with van der Waals surface area (Å²) >= 11 is 0. The minimum Gasteiger partial charge on any atom is -0.353 e. The van der Waals surface area contributed by atoms with Crippen LogP contribution in [0.2, 0.25) is 0 Å². The average molecular weight is 440 g/mol. The minimum atomic E-state index is -3.59. The molecule has 1 amide bonds. The molecule has 4 heterocycles. The van der Waals surface area contributed by atoms with E-state index in [0.717, 1.165) is 0 Å². The smallest absolute Gasteiger partial charge is 0.277 e. The molecule has 1 aliphatic heterocycles. The fraction of sp³-hybridized carbons (Fsp3) is 0.250. The molecule has 160 valence electrons. The second-order valence-electron chi connectivity index (χ2n) is 6.91. The molecule has 1 aliphatic rings. The lowest BCUT2D eigenvalue weighted by molar-refractivity contribution is 0.102. The number of rotatable bonds is 5. The van der Waals surface area contributed by atoms with Crippen LogP contribution in [-0.4, -0.2) is 64.7 Å². The highest BCUT2D eigenvalue weighted by atomic mass is 32.2. The van der Waals surface area contributed by atoms with Crippen molar-refractivity contribution < 1.29 is 13.2 Å². The highest BCUT2D eigenvalue weighted by Crippen LogP contribution is 2.20. The zero-order valence-corrected chi connectivity index (χ0v) is 17.7. The molecule has 31 heavy (non-hydrogen) atoms. The van der Waals surface area contributed by atoms with Gasteiger partial charge in [0.2, 0.25) is 10.0 Å². The van der Waals surface area contributed by atoms with E-state index in [0.29, 0.717) is 43.5 Å². The number of piperazine rings is 1. The number of nitrogens with zero attached hydrogens (tertiary/aromatic N) is 6. The van der Waals surface area contributed by atoms with Crippen molar-refractivity contribution in [2.45, 2.75) is 11.8 Å². The minimum absolute atomic E-state index is 0.173. The molecular formula is C20H21N7O3S. The van der Waals surface area contributed by atoms with Gasteiger partial charge in [-0.3, -0.25) is 14.8 Å². The van der Waals surface area contributed by atoms with Gasteiger partial charge in [0.1, 0.15) is 16.5 Å². The second-order valence-corrected chi connectivity index (χ2v) is 8.85. The van der Waals surface area contributed by atoms with E-state index in [1.165, 1.54) is 22.8 Å². The van der Waals surface area contributed by atoms with Crippen molar-refractivity contribution in [3.8, 4) is 0 Å². The van der Waals surface area contributed by atoms with Gasteiger partial charge in [0, 0.05) is 44.8 Å². The quantitative estimate of drug-likeness (QED) is 0.632. The van der Waals surface area contributed by atoms with Gasteiger partial charge in [0.05, 0.1) is 11.9 Å². The molecule has 3 aromatic heterocycles. The molecule has 0 aliphatic carbocycles. The third kappa shape index (κ3) is 4.52. The summed E-state index contributed by atoms with van der Waals surface area (Å²) in [7, 11) is -3.59. The molecule has 0 aromatic carbocycles. The molecule has 4 rings (SSSR count). The number of nitrogens with one attached hydrogen (secondary N) is 1. The number of aromatic nitrogens is 4. The van der Waals surface area contributed by atoms with Gasteiger partial charge in [-0.25, -0.2) is 18.4 Å². The lowest BCUT2D eigenvalue weighted by atomic mass is 10.3. The van der Waals surface area contributed by atoms with E-state index >= 15 is 0 Å². The molecule has 0 spiro atoms. The molecule has 1 fully saturated rings. The number of hydrogen-bond acceptors (Lipinski definition) is 8. The average Bonchev–Trinajstić information content (AvgIpc) is 2.80. The number of hydrogen-bond donors (Lipinski definition) is 1. The molecule has 1 N–H and O–H groups in total. The normalized spacial score (nSPS) is 14.9. The van der Waals surface area contributed by atoms with Crippen LogP contribution in [0.1, 0.15) is 16.2 Å². The van der Waals surface area contributed by atoms with Gasteiger partial charge in [-0.2, -0.15) is 4.31 Å². The summed E-state index contributed by atoms with van der Waals surface area (Å²) in [5.41, 5.74) is 0.698. The maximum atomic E-state index is 12.8. The highest BCUT2D eigenvalue weighted by molar-refractivity contribution is 7.89. The van der Waals surface area contributed by atoms with Crippen molar-refractivity contribution in [2.24, 2.45) is 0 Å². The van der Waals surface area contributed by atoms with Crippen LogP contribution in [0.5, 0.6) is 0 Å². The summed E-state index contributed by atoms with van der Waals surface area (Å²) in [6.07, 6.45) is 6.07.